The molecular formula is C22H17Cl2NO4. The summed E-state index contributed by atoms with van der Waals surface area (Å²) in [4.78, 5) is 23.8. The van der Waals surface area contributed by atoms with E-state index < -0.39 is 12.0 Å². The summed E-state index contributed by atoms with van der Waals surface area (Å²) < 4.78 is 0. The number of carboxylic acids is 1. The molecule has 0 bridgehead atoms. The Hall–Kier alpha value is -3.02. The maximum Gasteiger partial charge on any atom is 0.335 e. The van der Waals surface area contributed by atoms with Gasteiger partial charge in [-0.1, -0.05) is 29.3 Å². The maximum atomic E-state index is 12.8. The first-order valence-corrected chi connectivity index (χ1v) is 9.46. The van der Waals surface area contributed by atoms with Gasteiger partial charge in [0.05, 0.1) is 21.7 Å². The second kappa shape index (κ2) is 8.99. The van der Waals surface area contributed by atoms with Crippen molar-refractivity contribution in [1.29, 1.82) is 0 Å². The number of phenols is 1. The topological polar surface area (TPSA) is 86.6 Å². The first-order valence-electron chi connectivity index (χ1n) is 8.70. The SMILES string of the molecule is O=C(O)c1ccc(NC(CC(=O)c2ccc(O)cc2)c2ccc(Cl)c(Cl)c2)cc1. The molecule has 0 aliphatic carbocycles. The number of hydrogen-bond donors (Lipinski definition) is 3. The van der Waals surface area contributed by atoms with Crippen LogP contribution in [0.4, 0.5) is 5.69 Å². The van der Waals surface area contributed by atoms with Crippen molar-refractivity contribution in [2.75, 3.05) is 5.32 Å². The van der Waals surface area contributed by atoms with Gasteiger partial charge in [-0.3, -0.25) is 4.79 Å². The van der Waals surface area contributed by atoms with Crippen LogP contribution in [0.5, 0.6) is 5.75 Å². The molecule has 0 amide bonds. The van der Waals surface area contributed by atoms with Crippen LogP contribution in [0.15, 0.2) is 66.7 Å². The zero-order chi connectivity index (χ0) is 21.0. The fourth-order valence-corrected chi connectivity index (χ4v) is 3.15. The normalized spacial score (nSPS) is 11.7. The van der Waals surface area contributed by atoms with E-state index in [1.807, 2.05) is 0 Å². The van der Waals surface area contributed by atoms with Gasteiger partial charge < -0.3 is 15.5 Å². The van der Waals surface area contributed by atoms with Crippen LogP contribution in [0.1, 0.15) is 38.7 Å². The molecule has 0 radical (unpaired) electrons. The number of carbonyl (C=O) groups is 2. The summed E-state index contributed by atoms with van der Waals surface area (Å²) in [6.45, 7) is 0. The molecule has 7 heteroatoms. The molecule has 3 aromatic carbocycles. The minimum absolute atomic E-state index is 0.0826. The average molecular weight is 430 g/mol. The number of aromatic carboxylic acids is 1. The van der Waals surface area contributed by atoms with Gasteiger partial charge in [-0.05, 0) is 66.2 Å². The van der Waals surface area contributed by atoms with Gasteiger partial charge in [-0.25, -0.2) is 4.79 Å². The molecule has 0 heterocycles. The Labute approximate surface area is 177 Å². The lowest BCUT2D eigenvalue weighted by molar-refractivity contribution is 0.0696. The predicted molar refractivity (Wildman–Crippen MR) is 113 cm³/mol. The number of hydrogen-bond acceptors (Lipinski definition) is 4. The van der Waals surface area contributed by atoms with E-state index in [4.69, 9.17) is 28.3 Å². The highest BCUT2D eigenvalue weighted by Crippen LogP contribution is 2.30. The molecule has 1 unspecified atom stereocenters. The smallest absolute Gasteiger partial charge is 0.335 e. The summed E-state index contributed by atoms with van der Waals surface area (Å²) in [5.41, 5.74) is 2.05. The van der Waals surface area contributed by atoms with E-state index in [-0.39, 0.29) is 23.5 Å². The Morgan fingerprint density at radius 2 is 1.48 bits per heavy atom. The molecule has 3 rings (SSSR count). The van der Waals surface area contributed by atoms with E-state index >= 15 is 0 Å². The Balaban J connectivity index is 1.88. The third-order valence-corrected chi connectivity index (χ3v) is 5.14. The van der Waals surface area contributed by atoms with Crippen molar-refractivity contribution in [1.82, 2.24) is 0 Å². The fraction of sp³-hybridized carbons (Fsp3) is 0.0909. The molecule has 0 saturated heterocycles. The van der Waals surface area contributed by atoms with Crippen molar-refractivity contribution < 1.29 is 19.8 Å². The number of anilines is 1. The van der Waals surface area contributed by atoms with Gasteiger partial charge in [0.2, 0.25) is 0 Å². The van der Waals surface area contributed by atoms with Gasteiger partial charge in [0.1, 0.15) is 5.75 Å². The molecule has 0 saturated carbocycles. The van der Waals surface area contributed by atoms with Gasteiger partial charge in [-0.2, -0.15) is 0 Å². The highest BCUT2D eigenvalue weighted by Gasteiger charge is 2.19. The third-order valence-electron chi connectivity index (χ3n) is 4.40. The first-order chi connectivity index (χ1) is 13.8. The zero-order valence-corrected chi connectivity index (χ0v) is 16.6. The summed E-state index contributed by atoms with van der Waals surface area (Å²) in [6.07, 6.45) is 0.115. The van der Waals surface area contributed by atoms with Gasteiger partial charge in [0, 0.05) is 17.7 Å². The van der Waals surface area contributed by atoms with Crippen LogP contribution in [0, 0.1) is 0 Å². The standard InChI is InChI=1S/C22H17Cl2NO4/c23-18-10-5-15(11-19(18)24)20(12-21(27)13-3-8-17(26)9-4-13)25-16-6-1-14(2-7-16)22(28)29/h1-11,20,25-26H,12H2,(H,28,29). The van der Waals surface area contributed by atoms with E-state index in [1.165, 1.54) is 24.3 Å². The molecule has 0 spiro atoms. The van der Waals surface area contributed by atoms with E-state index in [9.17, 15) is 14.7 Å². The van der Waals surface area contributed by atoms with Gasteiger partial charge >= 0.3 is 5.97 Å². The van der Waals surface area contributed by atoms with Crippen LogP contribution in [0.2, 0.25) is 10.0 Å². The highest BCUT2D eigenvalue weighted by molar-refractivity contribution is 6.42. The number of carbonyl (C=O) groups excluding carboxylic acids is 1. The number of ketones is 1. The summed E-state index contributed by atoms with van der Waals surface area (Å²) in [6, 6.07) is 17.0. The summed E-state index contributed by atoms with van der Waals surface area (Å²) >= 11 is 12.2. The van der Waals surface area contributed by atoms with Crippen LogP contribution in [-0.2, 0) is 0 Å². The number of nitrogens with one attached hydrogen (secondary N) is 1. The Morgan fingerprint density at radius 1 is 0.862 bits per heavy atom. The number of rotatable bonds is 7. The lowest BCUT2D eigenvalue weighted by atomic mass is 9.97. The second-order valence-electron chi connectivity index (χ2n) is 6.43. The molecule has 1 atom stereocenters. The van der Waals surface area contributed by atoms with Crippen molar-refractivity contribution >= 4 is 40.6 Å². The van der Waals surface area contributed by atoms with E-state index in [2.05, 4.69) is 5.32 Å². The fourth-order valence-electron chi connectivity index (χ4n) is 2.84. The van der Waals surface area contributed by atoms with E-state index in [0.29, 0.717) is 21.3 Å². The van der Waals surface area contributed by atoms with Crippen LogP contribution >= 0.6 is 23.2 Å². The highest BCUT2D eigenvalue weighted by atomic mass is 35.5. The number of phenolic OH excluding ortho intramolecular Hbond substituents is 1. The van der Waals surface area contributed by atoms with Crippen LogP contribution in [0.3, 0.4) is 0 Å². The monoisotopic (exact) mass is 429 g/mol. The minimum atomic E-state index is -1.01. The number of benzene rings is 3. The number of halogens is 2. The third kappa shape index (κ3) is 5.28. The molecular weight excluding hydrogens is 413 g/mol. The molecule has 0 aromatic heterocycles. The number of Topliss-reactive ketones (excluding diaryl/α,β-unsaturated/α-hetero) is 1. The molecule has 0 aliphatic heterocycles. The second-order valence-corrected chi connectivity index (χ2v) is 7.24. The van der Waals surface area contributed by atoms with Gasteiger partial charge in [-0.15, -0.1) is 0 Å². The molecule has 3 aromatic rings. The maximum absolute atomic E-state index is 12.8. The van der Waals surface area contributed by atoms with Gasteiger partial charge in [0.25, 0.3) is 0 Å². The van der Waals surface area contributed by atoms with Crippen molar-refractivity contribution in [3.63, 3.8) is 0 Å². The van der Waals surface area contributed by atoms with Crippen LogP contribution < -0.4 is 5.32 Å². The number of aromatic hydroxyl groups is 1. The van der Waals surface area contributed by atoms with Crippen LogP contribution in [-0.4, -0.2) is 22.0 Å². The number of carboxylic acid groups (broad SMARTS) is 1. The molecule has 5 nitrogen and oxygen atoms in total. The van der Waals surface area contributed by atoms with Crippen molar-refractivity contribution in [3.8, 4) is 5.75 Å². The van der Waals surface area contributed by atoms with Gasteiger partial charge in [0.15, 0.2) is 5.78 Å². The largest absolute Gasteiger partial charge is 0.508 e. The zero-order valence-electron chi connectivity index (χ0n) is 15.1. The Morgan fingerprint density at radius 3 is 2.07 bits per heavy atom. The summed E-state index contributed by atoms with van der Waals surface area (Å²) in [7, 11) is 0. The summed E-state index contributed by atoms with van der Waals surface area (Å²) in [5, 5.41) is 22.5. The lowest BCUT2D eigenvalue weighted by Gasteiger charge is -2.21. The average Bonchev–Trinajstić information content (AvgIpc) is 2.70. The van der Waals surface area contributed by atoms with Crippen LogP contribution in [0.25, 0.3) is 0 Å². The van der Waals surface area contributed by atoms with E-state index in [1.54, 1.807) is 42.5 Å². The summed E-state index contributed by atoms with van der Waals surface area (Å²) in [5.74, 6) is -1.06. The first kappa shape index (κ1) is 20.7. The Kier molecular flexibility index (Phi) is 6.42. The predicted octanol–water partition coefficient (Wildman–Crippen LogP) is 5.82. The van der Waals surface area contributed by atoms with Crippen molar-refractivity contribution in [2.45, 2.75) is 12.5 Å². The van der Waals surface area contributed by atoms with Crippen molar-refractivity contribution in [2.24, 2.45) is 0 Å². The molecule has 148 valence electrons. The van der Waals surface area contributed by atoms with E-state index in [0.717, 1.165) is 5.56 Å². The molecule has 0 fully saturated rings. The molecule has 3 N–H and O–H groups in total. The van der Waals surface area contributed by atoms with Crippen molar-refractivity contribution in [3.05, 3.63) is 93.5 Å². The lowest BCUT2D eigenvalue weighted by Crippen LogP contribution is -2.16. The molecule has 29 heavy (non-hydrogen) atoms. The minimum Gasteiger partial charge on any atom is -0.508 e. The Bertz CT molecular complexity index is 1030. The quantitative estimate of drug-likeness (QED) is 0.411. The molecule has 0 aliphatic rings.